The molecule has 0 spiro atoms. The van der Waals surface area contributed by atoms with Gasteiger partial charge in [0.1, 0.15) is 0 Å². The number of hydrogen-bond donors (Lipinski definition) is 1. The van der Waals surface area contributed by atoms with E-state index >= 15 is 0 Å². The second kappa shape index (κ2) is 6.83. The Balaban J connectivity index is 1.70. The van der Waals surface area contributed by atoms with E-state index in [1.54, 1.807) is 11.3 Å². The molecule has 1 aromatic carbocycles. The van der Waals surface area contributed by atoms with Crippen LogP contribution >= 0.6 is 11.3 Å². The highest BCUT2D eigenvalue weighted by molar-refractivity contribution is 7.09. The molecule has 0 bridgehead atoms. The summed E-state index contributed by atoms with van der Waals surface area (Å²) in [6.07, 6.45) is 4.55. The number of nitrogens with zero attached hydrogens (tertiary/aromatic N) is 2. The SMILES string of the molecule is Cc1nc(CC(=O)N/N=C2\CCCCc3ccccc32)cs1. The van der Waals surface area contributed by atoms with Gasteiger partial charge >= 0.3 is 0 Å². The van der Waals surface area contributed by atoms with E-state index in [4.69, 9.17) is 0 Å². The first-order valence-electron chi connectivity index (χ1n) is 7.57. The minimum absolute atomic E-state index is 0.112. The molecule has 0 aliphatic heterocycles. The van der Waals surface area contributed by atoms with Crippen molar-refractivity contribution >= 4 is 23.0 Å². The van der Waals surface area contributed by atoms with Gasteiger partial charge in [0.25, 0.3) is 0 Å². The molecule has 4 nitrogen and oxygen atoms in total. The normalized spacial score (nSPS) is 16.1. The Morgan fingerprint density at radius 2 is 2.14 bits per heavy atom. The Morgan fingerprint density at radius 3 is 2.95 bits per heavy atom. The van der Waals surface area contributed by atoms with Crippen LogP contribution in [0.25, 0.3) is 0 Å². The standard InChI is InChI=1S/C17H19N3OS/c1-12-18-14(11-22-12)10-17(21)20-19-16-9-5-3-7-13-6-2-4-8-15(13)16/h2,4,6,8,11H,3,5,7,9-10H2,1H3,(H,20,21)/b19-16+. The van der Waals surface area contributed by atoms with E-state index in [0.717, 1.165) is 35.7 Å². The van der Waals surface area contributed by atoms with Crippen LogP contribution in [0.1, 0.15) is 41.1 Å². The minimum atomic E-state index is -0.112. The lowest BCUT2D eigenvalue weighted by atomic mass is 10.0. The second-order valence-corrected chi connectivity index (χ2v) is 6.55. The van der Waals surface area contributed by atoms with Crippen molar-refractivity contribution in [2.75, 3.05) is 0 Å². The van der Waals surface area contributed by atoms with Gasteiger partial charge in [-0.1, -0.05) is 24.3 Å². The fourth-order valence-corrected chi connectivity index (χ4v) is 3.31. The van der Waals surface area contributed by atoms with Crippen LogP contribution in [0.2, 0.25) is 0 Å². The summed E-state index contributed by atoms with van der Waals surface area (Å²) < 4.78 is 0. The van der Waals surface area contributed by atoms with Crippen molar-refractivity contribution in [1.29, 1.82) is 0 Å². The number of nitrogens with one attached hydrogen (secondary N) is 1. The maximum atomic E-state index is 12.0. The van der Waals surface area contributed by atoms with Crippen LogP contribution in [-0.2, 0) is 17.6 Å². The molecular weight excluding hydrogens is 294 g/mol. The molecule has 0 atom stereocenters. The maximum absolute atomic E-state index is 12.0. The number of rotatable bonds is 3. The lowest BCUT2D eigenvalue weighted by Gasteiger charge is -2.07. The van der Waals surface area contributed by atoms with Gasteiger partial charge in [-0.3, -0.25) is 4.79 Å². The third kappa shape index (κ3) is 3.60. The predicted molar refractivity (Wildman–Crippen MR) is 89.2 cm³/mol. The zero-order chi connectivity index (χ0) is 15.4. The molecule has 0 saturated carbocycles. The number of benzene rings is 1. The zero-order valence-corrected chi connectivity index (χ0v) is 13.4. The van der Waals surface area contributed by atoms with Gasteiger partial charge in [-0.25, -0.2) is 10.4 Å². The van der Waals surface area contributed by atoms with E-state index in [1.165, 1.54) is 17.5 Å². The van der Waals surface area contributed by atoms with Crippen LogP contribution in [0, 0.1) is 6.92 Å². The monoisotopic (exact) mass is 313 g/mol. The van der Waals surface area contributed by atoms with Gasteiger partial charge in [0.15, 0.2) is 0 Å². The van der Waals surface area contributed by atoms with Gasteiger partial charge < -0.3 is 0 Å². The number of hydrazone groups is 1. The number of carbonyl (C=O) groups excluding carboxylic acids is 1. The van der Waals surface area contributed by atoms with E-state index in [-0.39, 0.29) is 12.3 Å². The maximum Gasteiger partial charge on any atom is 0.246 e. The number of carbonyl (C=O) groups is 1. The van der Waals surface area contributed by atoms with Crippen LogP contribution in [0.15, 0.2) is 34.7 Å². The molecule has 1 aliphatic carbocycles. The lowest BCUT2D eigenvalue weighted by Crippen LogP contribution is -2.22. The molecule has 1 aliphatic rings. The van der Waals surface area contributed by atoms with E-state index in [0.29, 0.717) is 0 Å². The van der Waals surface area contributed by atoms with Gasteiger partial charge in [-0.2, -0.15) is 5.10 Å². The molecule has 0 radical (unpaired) electrons. The average Bonchev–Trinajstić information content (AvgIpc) is 2.81. The Morgan fingerprint density at radius 1 is 1.32 bits per heavy atom. The minimum Gasteiger partial charge on any atom is -0.273 e. The summed E-state index contributed by atoms with van der Waals surface area (Å²) in [6, 6.07) is 8.33. The number of aryl methyl sites for hydroxylation is 2. The number of amides is 1. The summed E-state index contributed by atoms with van der Waals surface area (Å²) in [6.45, 7) is 1.94. The predicted octanol–water partition coefficient (Wildman–Crippen LogP) is 3.24. The molecular formula is C17H19N3OS. The van der Waals surface area contributed by atoms with Crippen molar-refractivity contribution in [2.24, 2.45) is 5.10 Å². The second-order valence-electron chi connectivity index (χ2n) is 5.49. The number of fused-ring (bicyclic) bond motifs is 1. The first-order chi connectivity index (χ1) is 10.7. The first kappa shape index (κ1) is 14.9. The summed E-state index contributed by atoms with van der Waals surface area (Å²) >= 11 is 1.56. The molecule has 22 heavy (non-hydrogen) atoms. The fourth-order valence-electron chi connectivity index (χ4n) is 2.70. The summed E-state index contributed by atoms with van der Waals surface area (Å²) in [5.41, 5.74) is 6.98. The molecule has 0 fully saturated rings. The van der Waals surface area contributed by atoms with Crippen molar-refractivity contribution in [2.45, 2.75) is 39.0 Å². The van der Waals surface area contributed by atoms with E-state index in [9.17, 15) is 4.79 Å². The highest BCUT2D eigenvalue weighted by atomic mass is 32.1. The van der Waals surface area contributed by atoms with Crippen molar-refractivity contribution in [3.63, 3.8) is 0 Å². The van der Waals surface area contributed by atoms with Crippen molar-refractivity contribution in [3.05, 3.63) is 51.5 Å². The molecule has 0 saturated heterocycles. The van der Waals surface area contributed by atoms with E-state index in [2.05, 4.69) is 33.7 Å². The van der Waals surface area contributed by atoms with Gasteiger partial charge in [0.05, 0.1) is 22.8 Å². The van der Waals surface area contributed by atoms with Gasteiger partial charge in [-0.05, 0) is 38.2 Å². The Bertz CT molecular complexity index is 705. The lowest BCUT2D eigenvalue weighted by molar-refractivity contribution is -0.120. The fraction of sp³-hybridized carbons (Fsp3) is 0.353. The topological polar surface area (TPSA) is 54.4 Å². The molecule has 0 unspecified atom stereocenters. The van der Waals surface area contributed by atoms with Crippen molar-refractivity contribution < 1.29 is 4.79 Å². The highest BCUT2D eigenvalue weighted by Crippen LogP contribution is 2.20. The van der Waals surface area contributed by atoms with Crippen LogP contribution in [0.5, 0.6) is 0 Å². The van der Waals surface area contributed by atoms with Crippen LogP contribution in [0.3, 0.4) is 0 Å². The number of aromatic nitrogens is 1. The molecule has 5 heteroatoms. The van der Waals surface area contributed by atoms with Crippen LogP contribution < -0.4 is 5.43 Å². The Kier molecular flexibility index (Phi) is 4.63. The third-order valence-corrected chi connectivity index (χ3v) is 4.58. The molecule has 1 aromatic heterocycles. The van der Waals surface area contributed by atoms with Crippen molar-refractivity contribution in [1.82, 2.24) is 10.4 Å². The van der Waals surface area contributed by atoms with Gasteiger partial charge in [0, 0.05) is 10.9 Å². The van der Waals surface area contributed by atoms with E-state index in [1.807, 2.05) is 18.4 Å². The first-order valence-corrected chi connectivity index (χ1v) is 8.45. The number of thiazole rings is 1. The largest absolute Gasteiger partial charge is 0.273 e. The van der Waals surface area contributed by atoms with Crippen LogP contribution in [0.4, 0.5) is 0 Å². The molecule has 1 amide bonds. The smallest absolute Gasteiger partial charge is 0.246 e. The van der Waals surface area contributed by atoms with Gasteiger partial charge in [-0.15, -0.1) is 11.3 Å². The Labute approximate surface area is 134 Å². The quantitative estimate of drug-likeness (QED) is 0.698. The Hall–Kier alpha value is -2.01. The van der Waals surface area contributed by atoms with E-state index < -0.39 is 0 Å². The van der Waals surface area contributed by atoms with Gasteiger partial charge in [0.2, 0.25) is 5.91 Å². The van der Waals surface area contributed by atoms with Crippen molar-refractivity contribution in [3.8, 4) is 0 Å². The molecule has 114 valence electrons. The summed E-state index contributed by atoms with van der Waals surface area (Å²) in [5.74, 6) is -0.112. The average molecular weight is 313 g/mol. The third-order valence-electron chi connectivity index (χ3n) is 3.76. The summed E-state index contributed by atoms with van der Waals surface area (Å²) in [4.78, 5) is 16.3. The molecule has 2 aromatic rings. The summed E-state index contributed by atoms with van der Waals surface area (Å²) in [7, 11) is 0. The highest BCUT2D eigenvalue weighted by Gasteiger charge is 2.14. The summed E-state index contributed by atoms with van der Waals surface area (Å²) in [5, 5.41) is 7.28. The molecule has 1 N–H and O–H groups in total. The molecule has 3 rings (SSSR count). The zero-order valence-electron chi connectivity index (χ0n) is 12.6. The van der Waals surface area contributed by atoms with Crippen LogP contribution in [-0.4, -0.2) is 16.6 Å². The number of hydrogen-bond acceptors (Lipinski definition) is 4. The molecule has 1 heterocycles.